The van der Waals surface area contributed by atoms with E-state index in [9.17, 15) is 13.2 Å². The molecule has 1 saturated carbocycles. The van der Waals surface area contributed by atoms with Gasteiger partial charge in [0.1, 0.15) is 11.5 Å². The Morgan fingerprint density at radius 3 is 2.22 bits per heavy atom. The van der Waals surface area contributed by atoms with Crippen LogP contribution in [0.3, 0.4) is 0 Å². The van der Waals surface area contributed by atoms with E-state index in [0.29, 0.717) is 5.92 Å². The van der Waals surface area contributed by atoms with Gasteiger partial charge < -0.3 is 0 Å². The summed E-state index contributed by atoms with van der Waals surface area (Å²) in [7, 11) is 0. The molecule has 1 aliphatic carbocycles. The molecular weight excluding hydrogens is 367 g/mol. The highest BCUT2D eigenvalue weighted by Crippen LogP contribution is 2.39. The molecule has 2 aromatic carbocycles. The first-order chi connectivity index (χ1) is 13.0. The molecule has 0 saturated heterocycles. The summed E-state index contributed by atoms with van der Waals surface area (Å²) in [4.78, 5) is 3.38. The number of halogens is 3. The summed E-state index contributed by atoms with van der Waals surface area (Å²) in [5.74, 6) is -1.10. The summed E-state index contributed by atoms with van der Waals surface area (Å²) in [5, 5.41) is 1.95. The van der Waals surface area contributed by atoms with Crippen molar-refractivity contribution in [3.05, 3.63) is 53.3 Å². The van der Waals surface area contributed by atoms with Crippen molar-refractivity contribution in [2.75, 3.05) is 0 Å². The van der Waals surface area contributed by atoms with Crippen LogP contribution in [0.15, 0.2) is 35.3 Å². The van der Waals surface area contributed by atoms with Crippen molar-refractivity contribution in [1.29, 1.82) is 0 Å². The number of rotatable bonds is 5. The van der Waals surface area contributed by atoms with Gasteiger partial charge in [-0.3, -0.25) is 0 Å². The minimum absolute atomic E-state index is 0.143. The maximum Gasteiger partial charge on any atom is 0.153 e. The number of isothiocyanates is 1. The second kappa shape index (κ2) is 8.81. The highest BCUT2D eigenvalue weighted by Gasteiger charge is 2.23. The highest BCUT2D eigenvalue weighted by molar-refractivity contribution is 7.78. The van der Waals surface area contributed by atoms with Crippen LogP contribution in [0.25, 0.3) is 11.1 Å². The van der Waals surface area contributed by atoms with Crippen molar-refractivity contribution in [3.8, 4) is 11.1 Å². The lowest BCUT2D eigenvalue weighted by Crippen LogP contribution is -2.13. The van der Waals surface area contributed by atoms with Crippen molar-refractivity contribution in [3.63, 3.8) is 0 Å². The zero-order valence-electron chi connectivity index (χ0n) is 15.3. The molecule has 0 aliphatic heterocycles. The van der Waals surface area contributed by atoms with Crippen molar-refractivity contribution >= 4 is 23.1 Å². The summed E-state index contributed by atoms with van der Waals surface area (Å²) in [6, 6.07) is 7.14. The molecule has 0 atom stereocenters. The Labute approximate surface area is 163 Å². The molecule has 3 rings (SSSR count). The van der Waals surface area contributed by atoms with E-state index in [0.717, 1.165) is 36.5 Å². The first-order valence-corrected chi connectivity index (χ1v) is 9.81. The van der Waals surface area contributed by atoms with Gasteiger partial charge in [0.2, 0.25) is 0 Å². The summed E-state index contributed by atoms with van der Waals surface area (Å²) in [6.07, 6.45) is 6.97. The monoisotopic (exact) mass is 389 g/mol. The second-order valence-corrected chi connectivity index (χ2v) is 7.42. The molecule has 27 heavy (non-hydrogen) atoms. The van der Waals surface area contributed by atoms with Gasteiger partial charge in [-0.25, -0.2) is 13.2 Å². The van der Waals surface area contributed by atoms with Gasteiger partial charge in [-0.05, 0) is 79.1 Å². The molecule has 1 aliphatic rings. The Morgan fingerprint density at radius 2 is 1.67 bits per heavy atom. The van der Waals surface area contributed by atoms with Crippen LogP contribution in [0.1, 0.15) is 56.9 Å². The Balaban J connectivity index is 1.83. The topological polar surface area (TPSA) is 12.4 Å². The van der Waals surface area contributed by atoms with Gasteiger partial charge in [-0.1, -0.05) is 31.9 Å². The standard InChI is InChI=1S/C22H22F3NS/c1-2-3-14-4-6-15(7-5-14)16-8-9-18(19(23)10-16)17-11-20(24)22(26-13-27)21(25)12-17/h8-12,14-15H,2-7H2,1H3. The summed E-state index contributed by atoms with van der Waals surface area (Å²) >= 11 is 4.39. The predicted molar refractivity (Wildman–Crippen MR) is 106 cm³/mol. The lowest BCUT2D eigenvalue weighted by Gasteiger charge is -2.28. The van der Waals surface area contributed by atoms with Crippen molar-refractivity contribution in [2.24, 2.45) is 10.9 Å². The maximum absolute atomic E-state index is 14.7. The number of hydrogen-bond donors (Lipinski definition) is 0. The molecule has 0 amide bonds. The third-order valence-corrected chi connectivity index (χ3v) is 5.58. The molecule has 0 N–H and O–H groups in total. The van der Waals surface area contributed by atoms with E-state index in [1.807, 2.05) is 11.2 Å². The number of benzene rings is 2. The van der Waals surface area contributed by atoms with E-state index < -0.39 is 23.1 Å². The Kier molecular flexibility index (Phi) is 6.46. The van der Waals surface area contributed by atoms with E-state index in [1.165, 1.54) is 31.7 Å². The Bertz CT molecular complexity index is 843. The van der Waals surface area contributed by atoms with Crippen LogP contribution in [-0.2, 0) is 0 Å². The van der Waals surface area contributed by atoms with Gasteiger partial charge >= 0.3 is 0 Å². The molecule has 0 aromatic heterocycles. The van der Waals surface area contributed by atoms with Gasteiger partial charge in [-0.2, -0.15) is 4.99 Å². The highest BCUT2D eigenvalue weighted by atomic mass is 32.1. The number of hydrogen-bond acceptors (Lipinski definition) is 2. The van der Waals surface area contributed by atoms with Gasteiger partial charge in [0.25, 0.3) is 0 Å². The molecule has 0 heterocycles. The molecule has 0 radical (unpaired) electrons. The van der Waals surface area contributed by atoms with Crippen LogP contribution in [0.2, 0.25) is 0 Å². The van der Waals surface area contributed by atoms with E-state index in [4.69, 9.17) is 0 Å². The van der Waals surface area contributed by atoms with Gasteiger partial charge in [0.05, 0.1) is 5.16 Å². The fourth-order valence-corrected chi connectivity index (χ4v) is 4.18. The molecule has 1 fully saturated rings. The second-order valence-electron chi connectivity index (χ2n) is 7.24. The molecule has 2 aromatic rings. The molecule has 142 valence electrons. The van der Waals surface area contributed by atoms with Gasteiger partial charge in [0.15, 0.2) is 11.6 Å². The average Bonchev–Trinajstić information content (AvgIpc) is 2.65. The number of thiocarbonyl (C=S) groups is 1. The van der Waals surface area contributed by atoms with E-state index >= 15 is 0 Å². The third-order valence-electron chi connectivity index (χ3n) is 5.49. The largest absolute Gasteiger partial charge is 0.206 e. The minimum atomic E-state index is -0.889. The van der Waals surface area contributed by atoms with E-state index in [-0.39, 0.29) is 11.1 Å². The summed E-state index contributed by atoms with van der Waals surface area (Å²) in [5.41, 5.74) is 0.779. The first kappa shape index (κ1) is 19.8. The Hall–Kier alpha value is -1.97. The lowest BCUT2D eigenvalue weighted by atomic mass is 9.77. The summed E-state index contributed by atoms with van der Waals surface area (Å²) < 4.78 is 42.8. The van der Waals surface area contributed by atoms with Crippen molar-refractivity contribution in [1.82, 2.24) is 0 Å². The van der Waals surface area contributed by atoms with Crippen LogP contribution in [-0.4, -0.2) is 5.16 Å². The molecule has 1 nitrogen and oxygen atoms in total. The molecule has 5 heteroatoms. The predicted octanol–water partition coefficient (Wildman–Crippen LogP) is 7.58. The quantitative estimate of drug-likeness (QED) is 0.379. The number of nitrogens with zero attached hydrogens (tertiary/aromatic N) is 1. The smallest absolute Gasteiger partial charge is 0.153 e. The minimum Gasteiger partial charge on any atom is -0.206 e. The summed E-state index contributed by atoms with van der Waals surface area (Å²) in [6.45, 7) is 2.21. The first-order valence-electron chi connectivity index (χ1n) is 9.40. The normalized spacial score (nSPS) is 19.6. The molecule has 0 spiro atoms. The van der Waals surface area contributed by atoms with Gasteiger partial charge in [-0.15, -0.1) is 0 Å². The van der Waals surface area contributed by atoms with Crippen molar-refractivity contribution in [2.45, 2.75) is 51.4 Å². The maximum atomic E-state index is 14.7. The molecule has 0 bridgehead atoms. The molecule has 0 unspecified atom stereocenters. The average molecular weight is 389 g/mol. The van der Waals surface area contributed by atoms with Crippen LogP contribution < -0.4 is 0 Å². The van der Waals surface area contributed by atoms with Gasteiger partial charge in [0, 0.05) is 5.56 Å². The van der Waals surface area contributed by atoms with Crippen LogP contribution in [0, 0.1) is 23.4 Å². The van der Waals surface area contributed by atoms with Crippen molar-refractivity contribution < 1.29 is 13.2 Å². The van der Waals surface area contributed by atoms with Crippen LogP contribution in [0.4, 0.5) is 18.9 Å². The van der Waals surface area contributed by atoms with Crippen LogP contribution >= 0.6 is 12.2 Å². The fourth-order valence-electron chi connectivity index (χ4n) is 4.09. The SMILES string of the molecule is CCCC1CCC(c2ccc(-c3cc(F)c(N=C=S)c(F)c3)c(F)c2)CC1. The van der Waals surface area contributed by atoms with E-state index in [1.54, 1.807) is 6.07 Å². The zero-order valence-corrected chi connectivity index (χ0v) is 16.1. The van der Waals surface area contributed by atoms with Crippen LogP contribution in [0.5, 0.6) is 0 Å². The number of aliphatic imine (C=N–C) groups is 1. The zero-order chi connectivity index (χ0) is 19.4. The third kappa shape index (κ3) is 4.48. The van der Waals surface area contributed by atoms with E-state index in [2.05, 4.69) is 24.1 Å². The molecular formula is C22H22F3NS. The Morgan fingerprint density at radius 1 is 1.00 bits per heavy atom. The fraction of sp³-hybridized carbons (Fsp3) is 0.409. The lowest BCUT2D eigenvalue weighted by molar-refractivity contribution is 0.308.